The Morgan fingerprint density at radius 1 is 0.750 bits per heavy atom. The van der Waals surface area contributed by atoms with Gasteiger partial charge in [-0.2, -0.15) is 14.0 Å². The van der Waals surface area contributed by atoms with Gasteiger partial charge in [0.2, 0.25) is 0 Å². The predicted molar refractivity (Wildman–Crippen MR) is 162 cm³/mol. The molecule has 1 N–H and O–H groups in total. The van der Waals surface area contributed by atoms with Crippen molar-refractivity contribution in [3.8, 4) is 27.6 Å². The summed E-state index contributed by atoms with van der Waals surface area (Å²) in [5, 5.41) is 18.3. The van der Waals surface area contributed by atoms with E-state index in [0.29, 0.717) is 4.88 Å². The number of nitrogens with zero attached hydrogens (tertiary/aromatic N) is 4. The SMILES string of the molecule is N#CC(=Cc1ccc(-c2ccc(-c3ccc(N(c4ccccc4)c4ccccc4)cc3)c3nsnc23)s1)C(=O)O. The second-order valence-electron chi connectivity index (χ2n) is 8.85. The molecule has 6 rings (SSSR count). The van der Waals surface area contributed by atoms with Crippen LogP contribution in [0.4, 0.5) is 17.1 Å². The third-order valence-corrected chi connectivity index (χ3v) is 8.00. The molecule has 0 atom stereocenters. The molecule has 6 aromatic rings. The smallest absolute Gasteiger partial charge is 0.346 e. The number of nitriles is 1. The van der Waals surface area contributed by atoms with E-state index in [1.807, 2.05) is 60.7 Å². The van der Waals surface area contributed by atoms with Gasteiger partial charge in [0.15, 0.2) is 0 Å². The van der Waals surface area contributed by atoms with Crippen LogP contribution in [0.1, 0.15) is 4.88 Å². The minimum absolute atomic E-state index is 0.300. The maximum absolute atomic E-state index is 11.2. The first-order valence-corrected chi connectivity index (χ1v) is 13.9. The van der Waals surface area contributed by atoms with Crippen molar-refractivity contribution in [3.05, 3.63) is 120 Å². The van der Waals surface area contributed by atoms with Crippen LogP contribution in [-0.2, 0) is 4.79 Å². The number of carboxylic acids is 1. The number of hydrogen-bond acceptors (Lipinski definition) is 7. The van der Waals surface area contributed by atoms with Crippen LogP contribution in [0.25, 0.3) is 38.7 Å². The highest BCUT2D eigenvalue weighted by molar-refractivity contribution is 7.16. The molecule has 0 amide bonds. The van der Waals surface area contributed by atoms with Gasteiger partial charge in [-0.25, -0.2) is 4.79 Å². The van der Waals surface area contributed by atoms with E-state index in [-0.39, 0.29) is 5.57 Å². The highest BCUT2D eigenvalue weighted by atomic mass is 32.1. The Bertz CT molecular complexity index is 1850. The summed E-state index contributed by atoms with van der Waals surface area (Å²) in [5.74, 6) is -1.24. The van der Waals surface area contributed by atoms with Crippen LogP contribution in [-0.4, -0.2) is 19.8 Å². The van der Waals surface area contributed by atoms with Crippen molar-refractivity contribution < 1.29 is 9.90 Å². The number of aromatic nitrogens is 2. The van der Waals surface area contributed by atoms with Crippen LogP contribution in [0.15, 0.2) is 115 Å². The number of aliphatic carboxylic acids is 1. The lowest BCUT2D eigenvalue weighted by Gasteiger charge is -2.25. The van der Waals surface area contributed by atoms with Gasteiger partial charge in [0.1, 0.15) is 22.7 Å². The van der Waals surface area contributed by atoms with Gasteiger partial charge >= 0.3 is 5.97 Å². The fourth-order valence-electron chi connectivity index (χ4n) is 4.55. The number of para-hydroxylation sites is 2. The highest BCUT2D eigenvalue weighted by Crippen LogP contribution is 2.39. The predicted octanol–water partition coefficient (Wildman–Crippen LogP) is 8.55. The minimum atomic E-state index is -1.24. The normalized spacial score (nSPS) is 11.3. The van der Waals surface area contributed by atoms with E-state index in [9.17, 15) is 4.79 Å². The Hall–Kier alpha value is -5.10. The molecule has 0 unspecified atom stereocenters. The molecule has 4 aromatic carbocycles. The van der Waals surface area contributed by atoms with E-state index < -0.39 is 5.97 Å². The van der Waals surface area contributed by atoms with Crippen LogP contribution < -0.4 is 4.90 Å². The van der Waals surface area contributed by atoms with E-state index in [2.05, 4.69) is 62.2 Å². The number of anilines is 3. The fourth-order valence-corrected chi connectivity index (χ4v) is 6.10. The van der Waals surface area contributed by atoms with E-state index in [0.717, 1.165) is 61.4 Å². The summed E-state index contributed by atoms with van der Waals surface area (Å²) in [5.41, 5.74) is 7.43. The van der Waals surface area contributed by atoms with Crippen molar-refractivity contribution in [1.82, 2.24) is 8.75 Å². The quantitative estimate of drug-likeness (QED) is 0.156. The number of benzene rings is 4. The number of carboxylic acid groups (broad SMARTS) is 1. The summed E-state index contributed by atoms with van der Waals surface area (Å²) in [6.07, 6.45) is 1.39. The number of carbonyl (C=O) groups is 1. The van der Waals surface area contributed by atoms with Crippen LogP contribution in [0.3, 0.4) is 0 Å². The summed E-state index contributed by atoms with van der Waals surface area (Å²) in [6.45, 7) is 0. The molecule has 0 bridgehead atoms. The Morgan fingerprint density at radius 2 is 1.32 bits per heavy atom. The zero-order valence-electron chi connectivity index (χ0n) is 20.9. The molecule has 192 valence electrons. The topological polar surface area (TPSA) is 90.1 Å². The molecule has 0 saturated heterocycles. The Kier molecular flexibility index (Phi) is 6.89. The molecular formula is C32H20N4O2S2. The van der Waals surface area contributed by atoms with Crippen molar-refractivity contribution in [1.29, 1.82) is 5.26 Å². The average Bonchev–Trinajstić information content (AvgIpc) is 3.67. The van der Waals surface area contributed by atoms with Crippen molar-refractivity contribution in [3.63, 3.8) is 0 Å². The van der Waals surface area contributed by atoms with E-state index in [1.165, 1.54) is 17.4 Å². The lowest BCUT2D eigenvalue weighted by atomic mass is 10.0. The lowest BCUT2D eigenvalue weighted by molar-refractivity contribution is -0.132. The van der Waals surface area contributed by atoms with E-state index in [4.69, 9.17) is 10.4 Å². The summed E-state index contributed by atoms with van der Waals surface area (Å²) >= 11 is 2.57. The van der Waals surface area contributed by atoms with Gasteiger partial charge < -0.3 is 10.0 Å². The Morgan fingerprint density at radius 3 is 1.93 bits per heavy atom. The highest BCUT2D eigenvalue weighted by Gasteiger charge is 2.17. The van der Waals surface area contributed by atoms with Crippen molar-refractivity contribution in [2.75, 3.05) is 4.90 Å². The molecule has 0 aliphatic heterocycles. The Balaban J connectivity index is 1.36. The third kappa shape index (κ3) is 4.87. The molecule has 40 heavy (non-hydrogen) atoms. The summed E-state index contributed by atoms with van der Waals surface area (Å²) in [4.78, 5) is 15.1. The average molecular weight is 557 g/mol. The first-order chi connectivity index (χ1) is 19.6. The number of thiophene rings is 1. The molecule has 0 radical (unpaired) electrons. The zero-order valence-corrected chi connectivity index (χ0v) is 22.6. The first-order valence-electron chi connectivity index (χ1n) is 12.3. The standard InChI is InChI=1S/C32H20N4O2S2/c33-20-22(32(37)38)19-26-15-18-29(39-26)28-17-16-27(30-31(28)35-40-34-30)21-11-13-25(14-12-21)36(23-7-3-1-4-8-23)24-9-5-2-6-10-24/h1-19H,(H,37,38). The summed E-state index contributed by atoms with van der Waals surface area (Å²) in [7, 11) is 0. The molecule has 2 heterocycles. The second-order valence-corrected chi connectivity index (χ2v) is 10.5. The molecular weight excluding hydrogens is 537 g/mol. The molecule has 0 fully saturated rings. The summed E-state index contributed by atoms with van der Waals surface area (Å²) < 4.78 is 9.21. The molecule has 0 saturated carbocycles. The molecule has 6 nitrogen and oxygen atoms in total. The fraction of sp³-hybridized carbons (Fsp3) is 0. The van der Waals surface area contributed by atoms with Crippen molar-refractivity contribution in [2.45, 2.75) is 0 Å². The number of hydrogen-bond donors (Lipinski definition) is 1. The Labute approximate surface area is 238 Å². The lowest BCUT2D eigenvalue weighted by Crippen LogP contribution is -2.09. The second kappa shape index (κ2) is 10.9. The molecule has 8 heteroatoms. The van der Waals surface area contributed by atoms with Crippen LogP contribution >= 0.6 is 23.1 Å². The van der Waals surface area contributed by atoms with Gasteiger partial charge in [-0.1, -0.05) is 60.7 Å². The van der Waals surface area contributed by atoms with Gasteiger partial charge in [-0.15, -0.1) is 11.3 Å². The van der Waals surface area contributed by atoms with Gasteiger partial charge in [0.05, 0.1) is 11.7 Å². The summed E-state index contributed by atoms with van der Waals surface area (Å²) in [6, 6.07) is 38.5. The van der Waals surface area contributed by atoms with Crippen LogP contribution in [0, 0.1) is 11.3 Å². The first kappa shape index (κ1) is 25.2. The van der Waals surface area contributed by atoms with Crippen LogP contribution in [0.5, 0.6) is 0 Å². The van der Waals surface area contributed by atoms with Crippen LogP contribution in [0.2, 0.25) is 0 Å². The maximum Gasteiger partial charge on any atom is 0.346 e. The molecule has 0 aliphatic carbocycles. The molecule has 0 aliphatic rings. The third-order valence-electron chi connectivity index (χ3n) is 6.41. The monoisotopic (exact) mass is 556 g/mol. The number of fused-ring (bicyclic) bond motifs is 1. The van der Waals surface area contributed by atoms with Gasteiger partial charge in [0, 0.05) is 37.9 Å². The van der Waals surface area contributed by atoms with Gasteiger partial charge in [0.25, 0.3) is 0 Å². The zero-order chi connectivity index (χ0) is 27.5. The van der Waals surface area contributed by atoms with E-state index >= 15 is 0 Å². The largest absolute Gasteiger partial charge is 0.477 e. The molecule has 2 aromatic heterocycles. The van der Waals surface area contributed by atoms with E-state index in [1.54, 1.807) is 6.07 Å². The minimum Gasteiger partial charge on any atom is -0.477 e. The van der Waals surface area contributed by atoms with Gasteiger partial charge in [-0.3, -0.25) is 0 Å². The van der Waals surface area contributed by atoms with Crippen molar-refractivity contribution >= 4 is 63.2 Å². The van der Waals surface area contributed by atoms with Crippen molar-refractivity contribution in [2.24, 2.45) is 0 Å². The molecule has 0 spiro atoms. The van der Waals surface area contributed by atoms with Gasteiger partial charge in [-0.05, 0) is 60.2 Å². The maximum atomic E-state index is 11.2. The number of rotatable bonds is 7.